The number of pyridine rings is 1. The summed E-state index contributed by atoms with van der Waals surface area (Å²) in [7, 11) is 6.51. The number of hydrogen-bond donors (Lipinski definition) is 2. The summed E-state index contributed by atoms with van der Waals surface area (Å²) in [6, 6.07) is 4.62. The Morgan fingerprint density at radius 2 is 1.90 bits per heavy atom. The molecule has 41 heavy (non-hydrogen) atoms. The molecule has 0 aliphatic carbocycles. The summed E-state index contributed by atoms with van der Waals surface area (Å²) < 4.78 is 23.0. The highest BCUT2D eigenvalue weighted by molar-refractivity contribution is 6.31. The zero-order valence-electron chi connectivity index (χ0n) is 23.1. The molecule has 2 N–H and O–H groups in total. The van der Waals surface area contributed by atoms with Crippen LogP contribution in [0.5, 0.6) is 5.88 Å². The number of carbonyl (C=O) groups is 1. The number of hydrogen-bond acceptors (Lipinski definition) is 8. The van der Waals surface area contributed by atoms with Crippen LogP contribution < -0.4 is 20.5 Å². The highest BCUT2D eigenvalue weighted by atomic mass is 35.5. The van der Waals surface area contributed by atoms with E-state index in [0.29, 0.717) is 28.6 Å². The van der Waals surface area contributed by atoms with Gasteiger partial charge in [0, 0.05) is 32.9 Å². The average molecular weight is 604 g/mol. The van der Waals surface area contributed by atoms with Gasteiger partial charge in [-0.25, -0.2) is 18.9 Å². The molecule has 0 bridgehead atoms. The third-order valence-electron chi connectivity index (χ3n) is 6.27. The molecule has 1 atom stereocenters. The Bertz CT molecular complexity index is 1660. The van der Waals surface area contributed by atoms with E-state index in [-0.39, 0.29) is 33.1 Å². The topological polar surface area (TPSA) is 127 Å². The summed E-state index contributed by atoms with van der Waals surface area (Å²) in [5.41, 5.74) is 1.06. The third-order valence-corrected chi connectivity index (χ3v) is 6.85. The van der Waals surface area contributed by atoms with Crippen LogP contribution in [0.25, 0.3) is 5.69 Å². The second kappa shape index (κ2) is 11.8. The molecule has 0 aliphatic rings. The lowest BCUT2D eigenvalue weighted by Gasteiger charge is -2.24. The van der Waals surface area contributed by atoms with Crippen molar-refractivity contribution in [3.05, 3.63) is 85.4 Å². The van der Waals surface area contributed by atoms with Crippen molar-refractivity contribution < 1.29 is 19.0 Å². The second-order valence-corrected chi connectivity index (χ2v) is 10.5. The summed E-state index contributed by atoms with van der Waals surface area (Å²) in [4.78, 5) is 35.4. The van der Waals surface area contributed by atoms with E-state index >= 15 is 0 Å². The molecule has 14 heteroatoms. The first-order valence-corrected chi connectivity index (χ1v) is 13.1. The standard InChI is InChI=1S/C27H28Cl2FN7O4/c1-13(2)23-20(22(26(39)40)34-37(23)19-11-31-27(35(3)4)33-24(19)41-6)21(14-7-8-16(28)18(30)9-14)32-15-10-17(29)25(38)36(5)12-15/h7-13,21,32H,1-6H3,(H,39,40). The number of halogens is 3. The summed E-state index contributed by atoms with van der Waals surface area (Å²) >= 11 is 12.1. The molecule has 3 aromatic heterocycles. The van der Waals surface area contributed by atoms with Crippen LogP contribution in [0.1, 0.15) is 53.1 Å². The van der Waals surface area contributed by atoms with E-state index in [9.17, 15) is 19.1 Å². The number of carboxylic acid groups (broad SMARTS) is 1. The number of methoxy groups -OCH3 is 1. The molecule has 3 heterocycles. The fraction of sp³-hybridized carbons (Fsp3) is 0.296. The maximum atomic E-state index is 14.8. The summed E-state index contributed by atoms with van der Waals surface area (Å²) in [6.45, 7) is 3.74. The molecule has 4 rings (SSSR count). The van der Waals surface area contributed by atoms with Gasteiger partial charge in [0.1, 0.15) is 16.5 Å². The normalized spacial score (nSPS) is 12.0. The highest BCUT2D eigenvalue weighted by Crippen LogP contribution is 2.38. The quantitative estimate of drug-likeness (QED) is 0.274. The van der Waals surface area contributed by atoms with Crippen LogP contribution >= 0.6 is 23.2 Å². The van der Waals surface area contributed by atoms with Crippen molar-refractivity contribution >= 4 is 40.8 Å². The first-order valence-electron chi connectivity index (χ1n) is 12.4. The minimum atomic E-state index is -1.31. The van der Waals surface area contributed by atoms with Gasteiger partial charge in [-0.3, -0.25) is 4.79 Å². The molecule has 11 nitrogen and oxygen atoms in total. The Labute approximate surface area is 245 Å². The van der Waals surface area contributed by atoms with Crippen molar-refractivity contribution in [1.82, 2.24) is 24.3 Å². The molecule has 0 radical (unpaired) electrons. The number of carboxylic acids is 1. The van der Waals surface area contributed by atoms with E-state index in [1.165, 1.54) is 54.0 Å². The van der Waals surface area contributed by atoms with Gasteiger partial charge < -0.3 is 24.6 Å². The number of nitrogens with zero attached hydrogens (tertiary/aromatic N) is 6. The summed E-state index contributed by atoms with van der Waals surface area (Å²) in [5, 5.41) is 17.9. The number of rotatable bonds is 9. The van der Waals surface area contributed by atoms with Gasteiger partial charge >= 0.3 is 5.97 Å². The van der Waals surface area contributed by atoms with E-state index in [1.54, 1.807) is 25.1 Å². The monoisotopic (exact) mass is 603 g/mol. The van der Waals surface area contributed by atoms with Crippen LogP contribution in [-0.2, 0) is 7.05 Å². The van der Waals surface area contributed by atoms with Crippen LogP contribution in [-0.4, -0.2) is 56.6 Å². The van der Waals surface area contributed by atoms with Gasteiger partial charge in [0.2, 0.25) is 11.8 Å². The fourth-order valence-corrected chi connectivity index (χ4v) is 4.79. The van der Waals surface area contributed by atoms with Gasteiger partial charge in [0.15, 0.2) is 5.69 Å². The zero-order valence-corrected chi connectivity index (χ0v) is 24.6. The molecular formula is C27H28Cl2FN7O4. The molecule has 0 saturated heterocycles. The maximum Gasteiger partial charge on any atom is 0.356 e. The Morgan fingerprint density at radius 3 is 2.46 bits per heavy atom. The molecule has 216 valence electrons. The number of nitrogens with one attached hydrogen (secondary N) is 1. The van der Waals surface area contributed by atoms with Crippen molar-refractivity contribution in [3.8, 4) is 11.6 Å². The van der Waals surface area contributed by atoms with Crippen molar-refractivity contribution in [2.75, 3.05) is 31.4 Å². The summed E-state index contributed by atoms with van der Waals surface area (Å²) in [6.07, 6.45) is 3.00. The Balaban J connectivity index is 2.05. The van der Waals surface area contributed by atoms with Gasteiger partial charge in [-0.1, -0.05) is 43.1 Å². The van der Waals surface area contributed by atoms with Gasteiger partial charge in [0.25, 0.3) is 5.56 Å². The zero-order chi connectivity index (χ0) is 30.2. The SMILES string of the molecule is COc1nc(N(C)C)ncc1-n1nc(C(=O)O)c(C(Nc2cc(Cl)c(=O)n(C)c2)c2ccc(Cl)c(F)c2)c1C(C)C. The van der Waals surface area contributed by atoms with Crippen LogP contribution in [0.2, 0.25) is 10.0 Å². The second-order valence-electron chi connectivity index (χ2n) is 9.72. The minimum Gasteiger partial charge on any atom is -0.479 e. The van der Waals surface area contributed by atoms with E-state index in [1.807, 2.05) is 13.8 Å². The molecule has 0 amide bonds. The van der Waals surface area contributed by atoms with Gasteiger partial charge in [0.05, 0.1) is 35.8 Å². The summed E-state index contributed by atoms with van der Waals surface area (Å²) in [5.74, 6) is -1.76. The number of anilines is 2. The Kier molecular flexibility index (Phi) is 8.55. The molecule has 1 aromatic carbocycles. The highest BCUT2D eigenvalue weighted by Gasteiger charge is 2.33. The van der Waals surface area contributed by atoms with E-state index in [2.05, 4.69) is 20.4 Å². The van der Waals surface area contributed by atoms with Crippen LogP contribution in [0.3, 0.4) is 0 Å². The van der Waals surface area contributed by atoms with Crippen LogP contribution in [0.4, 0.5) is 16.0 Å². The molecule has 1 unspecified atom stereocenters. The van der Waals surface area contributed by atoms with Gasteiger partial charge in [-0.2, -0.15) is 10.1 Å². The molecular weight excluding hydrogens is 576 g/mol. The number of benzene rings is 1. The number of aryl methyl sites for hydroxylation is 1. The van der Waals surface area contributed by atoms with E-state index in [0.717, 1.165) is 0 Å². The lowest BCUT2D eigenvalue weighted by Crippen LogP contribution is -2.21. The smallest absolute Gasteiger partial charge is 0.356 e. The minimum absolute atomic E-state index is 0.0559. The van der Waals surface area contributed by atoms with E-state index in [4.69, 9.17) is 27.9 Å². The number of ether oxygens (including phenoxy) is 1. The van der Waals surface area contributed by atoms with Crippen molar-refractivity contribution in [2.24, 2.45) is 7.05 Å². The van der Waals surface area contributed by atoms with Gasteiger partial charge in [-0.15, -0.1) is 0 Å². The Hall–Kier alpha value is -4.16. The van der Waals surface area contributed by atoms with Crippen LogP contribution in [0, 0.1) is 5.82 Å². The van der Waals surface area contributed by atoms with Crippen molar-refractivity contribution in [2.45, 2.75) is 25.8 Å². The Morgan fingerprint density at radius 1 is 1.20 bits per heavy atom. The predicted octanol–water partition coefficient (Wildman–Crippen LogP) is 4.90. The van der Waals surface area contributed by atoms with Crippen molar-refractivity contribution in [3.63, 3.8) is 0 Å². The van der Waals surface area contributed by atoms with Gasteiger partial charge in [-0.05, 0) is 29.7 Å². The first-order chi connectivity index (χ1) is 19.3. The predicted molar refractivity (Wildman–Crippen MR) is 155 cm³/mol. The third kappa shape index (κ3) is 5.84. The lowest BCUT2D eigenvalue weighted by molar-refractivity contribution is 0.0688. The van der Waals surface area contributed by atoms with Crippen molar-refractivity contribution in [1.29, 1.82) is 0 Å². The molecule has 0 aliphatic heterocycles. The molecule has 0 fully saturated rings. The molecule has 4 aromatic rings. The van der Waals surface area contributed by atoms with E-state index < -0.39 is 23.4 Å². The lowest BCUT2D eigenvalue weighted by atomic mass is 9.92. The molecule has 0 saturated carbocycles. The average Bonchev–Trinajstić information content (AvgIpc) is 3.32. The fourth-order valence-electron chi connectivity index (χ4n) is 4.42. The molecule has 0 spiro atoms. The number of aromatic nitrogens is 5. The first kappa shape index (κ1) is 29.8. The van der Waals surface area contributed by atoms with Crippen LogP contribution in [0.15, 0.2) is 41.5 Å². The number of aromatic carboxylic acids is 1. The largest absolute Gasteiger partial charge is 0.479 e. The maximum absolute atomic E-state index is 14.8.